The first kappa shape index (κ1) is 12.1. The second-order valence-corrected chi connectivity index (χ2v) is 4.66. The summed E-state index contributed by atoms with van der Waals surface area (Å²) in [6, 6.07) is 6.03. The quantitative estimate of drug-likeness (QED) is 0.773. The number of phenols is 1. The molecule has 1 aromatic carbocycles. The predicted octanol–water partition coefficient (Wildman–Crippen LogP) is 3.93. The van der Waals surface area contributed by atoms with Crippen molar-refractivity contribution < 1.29 is 5.11 Å². The molecule has 0 aliphatic carbocycles. The van der Waals surface area contributed by atoms with E-state index in [9.17, 15) is 5.11 Å². The number of unbranched alkanes of at least 4 members (excludes halogenated alkanes) is 1. The molecule has 0 saturated carbocycles. The van der Waals surface area contributed by atoms with Gasteiger partial charge in [-0.2, -0.15) is 0 Å². The van der Waals surface area contributed by atoms with Crippen molar-refractivity contribution in [1.29, 1.82) is 0 Å². The number of aromatic hydroxyl groups is 1. The fraction of sp³-hybridized carbons (Fsp3) is 0.571. The lowest BCUT2D eigenvalue weighted by atomic mass is 9.98. The zero-order chi connectivity index (χ0) is 11.3. The predicted molar refractivity (Wildman–Crippen MR) is 65.3 cm³/mol. The normalized spacial score (nSPS) is 10.9. The standard InChI is InChI=1S/C14H22O/c1-4-5-6-12-7-8-14(15)13(10-12)9-11(2)3/h7-8,10-11,15H,4-6,9H2,1-3H3. The van der Waals surface area contributed by atoms with E-state index < -0.39 is 0 Å². The Balaban J connectivity index is 2.75. The maximum Gasteiger partial charge on any atom is 0.118 e. The Bertz CT molecular complexity index is 302. The lowest BCUT2D eigenvalue weighted by Crippen LogP contribution is -1.96. The Hall–Kier alpha value is -0.980. The molecule has 1 aromatic rings. The van der Waals surface area contributed by atoms with E-state index in [-0.39, 0.29) is 0 Å². The van der Waals surface area contributed by atoms with Gasteiger partial charge >= 0.3 is 0 Å². The van der Waals surface area contributed by atoms with Crippen molar-refractivity contribution in [3.05, 3.63) is 29.3 Å². The topological polar surface area (TPSA) is 20.2 Å². The maximum atomic E-state index is 9.71. The van der Waals surface area contributed by atoms with Crippen LogP contribution in [0.3, 0.4) is 0 Å². The van der Waals surface area contributed by atoms with Gasteiger partial charge in [0.15, 0.2) is 0 Å². The van der Waals surface area contributed by atoms with Gasteiger partial charge in [0, 0.05) is 0 Å². The van der Waals surface area contributed by atoms with Crippen molar-refractivity contribution in [3.63, 3.8) is 0 Å². The van der Waals surface area contributed by atoms with Crippen LogP contribution in [0.25, 0.3) is 0 Å². The minimum atomic E-state index is 0.448. The first-order valence-corrected chi connectivity index (χ1v) is 5.94. The third kappa shape index (κ3) is 3.94. The van der Waals surface area contributed by atoms with E-state index in [1.807, 2.05) is 12.1 Å². The van der Waals surface area contributed by atoms with Gasteiger partial charge in [-0.05, 0) is 42.4 Å². The highest BCUT2D eigenvalue weighted by atomic mass is 16.3. The van der Waals surface area contributed by atoms with Crippen molar-refractivity contribution in [1.82, 2.24) is 0 Å². The molecule has 0 bridgehead atoms. The van der Waals surface area contributed by atoms with Crippen LogP contribution in [-0.4, -0.2) is 5.11 Å². The van der Waals surface area contributed by atoms with E-state index in [1.165, 1.54) is 18.4 Å². The Morgan fingerprint density at radius 2 is 2.00 bits per heavy atom. The van der Waals surface area contributed by atoms with Gasteiger partial charge in [0.1, 0.15) is 5.75 Å². The summed E-state index contributed by atoms with van der Waals surface area (Å²) in [7, 11) is 0. The molecule has 0 spiro atoms. The van der Waals surface area contributed by atoms with E-state index in [2.05, 4.69) is 26.8 Å². The zero-order valence-electron chi connectivity index (χ0n) is 10.1. The van der Waals surface area contributed by atoms with E-state index in [0.717, 1.165) is 18.4 Å². The summed E-state index contributed by atoms with van der Waals surface area (Å²) < 4.78 is 0. The third-order valence-electron chi connectivity index (χ3n) is 2.59. The molecule has 1 N–H and O–H groups in total. The maximum absolute atomic E-state index is 9.71. The first-order chi connectivity index (χ1) is 7.13. The number of phenolic OH excluding ortho intramolecular Hbond substituents is 1. The van der Waals surface area contributed by atoms with Gasteiger partial charge in [-0.3, -0.25) is 0 Å². The van der Waals surface area contributed by atoms with Gasteiger partial charge in [-0.15, -0.1) is 0 Å². The Labute approximate surface area is 93.1 Å². The zero-order valence-corrected chi connectivity index (χ0v) is 10.1. The second-order valence-electron chi connectivity index (χ2n) is 4.66. The first-order valence-electron chi connectivity index (χ1n) is 5.94. The van der Waals surface area contributed by atoms with E-state index in [1.54, 1.807) is 0 Å². The molecule has 0 unspecified atom stereocenters. The third-order valence-corrected chi connectivity index (χ3v) is 2.59. The number of aryl methyl sites for hydroxylation is 1. The number of rotatable bonds is 5. The molecule has 1 rings (SSSR count). The summed E-state index contributed by atoms with van der Waals surface area (Å²) in [5.74, 6) is 1.04. The molecular formula is C14H22O. The van der Waals surface area contributed by atoms with Crippen LogP contribution in [0.2, 0.25) is 0 Å². The van der Waals surface area contributed by atoms with Crippen molar-refractivity contribution in [3.8, 4) is 5.75 Å². The fourth-order valence-electron chi connectivity index (χ4n) is 1.78. The Morgan fingerprint density at radius 3 is 2.60 bits per heavy atom. The highest BCUT2D eigenvalue weighted by molar-refractivity contribution is 5.36. The van der Waals surface area contributed by atoms with Crippen LogP contribution in [0.4, 0.5) is 0 Å². The highest BCUT2D eigenvalue weighted by Gasteiger charge is 2.04. The van der Waals surface area contributed by atoms with Crippen molar-refractivity contribution in [2.45, 2.75) is 46.5 Å². The molecule has 0 radical (unpaired) electrons. The molecule has 15 heavy (non-hydrogen) atoms. The monoisotopic (exact) mass is 206 g/mol. The average molecular weight is 206 g/mol. The van der Waals surface area contributed by atoms with Gasteiger partial charge in [0.2, 0.25) is 0 Å². The smallest absolute Gasteiger partial charge is 0.118 e. The summed E-state index contributed by atoms with van der Waals surface area (Å²) in [6.07, 6.45) is 4.54. The average Bonchev–Trinajstić information content (AvgIpc) is 2.18. The van der Waals surface area contributed by atoms with Crippen LogP contribution >= 0.6 is 0 Å². The van der Waals surface area contributed by atoms with Crippen LogP contribution < -0.4 is 0 Å². The summed E-state index contributed by atoms with van der Waals surface area (Å²) in [6.45, 7) is 6.56. The van der Waals surface area contributed by atoms with Crippen LogP contribution in [0, 0.1) is 5.92 Å². The van der Waals surface area contributed by atoms with Crippen molar-refractivity contribution in [2.75, 3.05) is 0 Å². The van der Waals surface area contributed by atoms with Gasteiger partial charge in [-0.25, -0.2) is 0 Å². The number of benzene rings is 1. The van der Waals surface area contributed by atoms with Crippen LogP contribution in [0.5, 0.6) is 5.75 Å². The van der Waals surface area contributed by atoms with Crippen LogP contribution in [0.15, 0.2) is 18.2 Å². The molecule has 1 heteroatoms. The van der Waals surface area contributed by atoms with Gasteiger partial charge < -0.3 is 5.11 Å². The van der Waals surface area contributed by atoms with E-state index in [0.29, 0.717) is 11.7 Å². The van der Waals surface area contributed by atoms with Gasteiger partial charge in [-0.1, -0.05) is 39.3 Å². The summed E-state index contributed by atoms with van der Waals surface area (Å²) in [5.41, 5.74) is 2.45. The molecule has 0 heterocycles. The molecule has 0 aromatic heterocycles. The van der Waals surface area contributed by atoms with Crippen molar-refractivity contribution in [2.24, 2.45) is 5.92 Å². The minimum Gasteiger partial charge on any atom is -0.508 e. The van der Waals surface area contributed by atoms with Crippen LogP contribution in [0.1, 0.15) is 44.7 Å². The SMILES string of the molecule is CCCCc1ccc(O)c(CC(C)C)c1. The Kier molecular flexibility index (Phi) is 4.67. The number of hydrogen-bond acceptors (Lipinski definition) is 1. The van der Waals surface area contributed by atoms with E-state index in [4.69, 9.17) is 0 Å². The van der Waals surface area contributed by atoms with E-state index >= 15 is 0 Å². The molecule has 0 fully saturated rings. The molecule has 0 aliphatic heterocycles. The number of hydrogen-bond donors (Lipinski definition) is 1. The molecule has 0 atom stereocenters. The molecule has 84 valence electrons. The lowest BCUT2D eigenvalue weighted by Gasteiger charge is -2.09. The van der Waals surface area contributed by atoms with Gasteiger partial charge in [0.25, 0.3) is 0 Å². The largest absolute Gasteiger partial charge is 0.508 e. The summed E-state index contributed by atoms with van der Waals surface area (Å²) >= 11 is 0. The summed E-state index contributed by atoms with van der Waals surface area (Å²) in [5, 5.41) is 9.71. The minimum absolute atomic E-state index is 0.448. The Morgan fingerprint density at radius 1 is 1.27 bits per heavy atom. The van der Waals surface area contributed by atoms with Crippen molar-refractivity contribution >= 4 is 0 Å². The summed E-state index contributed by atoms with van der Waals surface area (Å²) in [4.78, 5) is 0. The lowest BCUT2D eigenvalue weighted by molar-refractivity contribution is 0.462. The molecule has 0 saturated heterocycles. The van der Waals surface area contributed by atoms with Crippen LogP contribution in [-0.2, 0) is 12.8 Å². The molecule has 0 aliphatic rings. The fourth-order valence-corrected chi connectivity index (χ4v) is 1.78. The second kappa shape index (κ2) is 5.79. The van der Waals surface area contributed by atoms with Gasteiger partial charge in [0.05, 0.1) is 0 Å². The highest BCUT2D eigenvalue weighted by Crippen LogP contribution is 2.22. The molecular weight excluding hydrogens is 184 g/mol. The molecule has 0 amide bonds. The molecule has 1 nitrogen and oxygen atoms in total.